The second kappa shape index (κ2) is 6.04. The molecule has 2 fully saturated rings. The van der Waals surface area contributed by atoms with Crippen LogP contribution in [0.2, 0.25) is 0 Å². The van der Waals surface area contributed by atoms with E-state index in [-0.39, 0.29) is 17.9 Å². The second-order valence-electron chi connectivity index (χ2n) is 7.51. The van der Waals surface area contributed by atoms with Crippen LogP contribution in [0.15, 0.2) is 17.1 Å². The SMILES string of the molecule is C[C@H]1C[C@@]2(CCN1)N=C(c1ccc(C(F)(F)F)nc1C1CCC1)NC2=O. The topological polar surface area (TPSA) is 66.4 Å². The van der Waals surface area contributed by atoms with E-state index in [1.54, 1.807) is 0 Å². The fourth-order valence-electron chi connectivity index (χ4n) is 3.98. The lowest BCUT2D eigenvalue weighted by Crippen LogP contribution is -2.51. The molecular weight excluding hydrogens is 345 g/mol. The van der Waals surface area contributed by atoms with Gasteiger partial charge in [-0.05, 0) is 51.3 Å². The quantitative estimate of drug-likeness (QED) is 0.846. The first-order chi connectivity index (χ1) is 12.3. The summed E-state index contributed by atoms with van der Waals surface area (Å²) in [6.07, 6.45) is -0.713. The maximum absolute atomic E-state index is 13.1. The Kier molecular flexibility index (Phi) is 4.06. The van der Waals surface area contributed by atoms with Crippen molar-refractivity contribution in [1.29, 1.82) is 0 Å². The Balaban J connectivity index is 1.74. The van der Waals surface area contributed by atoms with Gasteiger partial charge in [-0.1, -0.05) is 6.42 Å². The molecule has 2 atom stereocenters. The summed E-state index contributed by atoms with van der Waals surface area (Å²) >= 11 is 0. The van der Waals surface area contributed by atoms with Crippen LogP contribution < -0.4 is 10.6 Å². The van der Waals surface area contributed by atoms with E-state index in [4.69, 9.17) is 0 Å². The number of halogens is 3. The number of amidine groups is 1. The van der Waals surface area contributed by atoms with Gasteiger partial charge in [-0.25, -0.2) is 4.98 Å². The number of pyridine rings is 1. The number of piperidine rings is 1. The summed E-state index contributed by atoms with van der Waals surface area (Å²) in [4.78, 5) is 21.2. The number of hydrogen-bond donors (Lipinski definition) is 2. The van der Waals surface area contributed by atoms with Gasteiger partial charge >= 0.3 is 6.18 Å². The number of aliphatic imine (C=N–C) groups is 1. The first-order valence-corrected chi connectivity index (χ1v) is 9.02. The summed E-state index contributed by atoms with van der Waals surface area (Å²) in [5.41, 5.74) is -0.777. The van der Waals surface area contributed by atoms with Gasteiger partial charge in [0.1, 0.15) is 17.1 Å². The molecule has 1 amide bonds. The maximum atomic E-state index is 13.1. The predicted molar refractivity (Wildman–Crippen MR) is 89.9 cm³/mol. The van der Waals surface area contributed by atoms with E-state index in [9.17, 15) is 18.0 Å². The second-order valence-corrected chi connectivity index (χ2v) is 7.51. The van der Waals surface area contributed by atoms with E-state index in [1.807, 2.05) is 6.92 Å². The number of aromatic nitrogens is 1. The van der Waals surface area contributed by atoms with E-state index < -0.39 is 17.4 Å². The van der Waals surface area contributed by atoms with Crippen LogP contribution in [-0.2, 0) is 11.0 Å². The highest BCUT2D eigenvalue weighted by Gasteiger charge is 2.47. The number of hydrogen-bond acceptors (Lipinski definition) is 4. The van der Waals surface area contributed by atoms with Gasteiger partial charge in [-0.15, -0.1) is 0 Å². The molecule has 26 heavy (non-hydrogen) atoms. The lowest BCUT2D eigenvalue weighted by molar-refractivity contribution is -0.141. The Morgan fingerprint density at radius 2 is 2.04 bits per heavy atom. The fraction of sp³-hybridized carbons (Fsp3) is 0.611. The van der Waals surface area contributed by atoms with Crippen molar-refractivity contribution in [2.24, 2.45) is 4.99 Å². The summed E-state index contributed by atoms with van der Waals surface area (Å²) < 4.78 is 39.3. The highest BCUT2D eigenvalue weighted by Crippen LogP contribution is 2.40. The monoisotopic (exact) mass is 366 g/mol. The minimum absolute atomic E-state index is 0.00426. The molecule has 0 aromatic carbocycles. The molecule has 5 nitrogen and oxygen atoms in total. The maximum Gasteiger partial charge on any atom is 0.433 e. The van der Waals surface area contributed by atoms with Gasteiger partial charge < -0.3 is 10.6 Å². The zero-order valence-corrected chi connectivity index (χ0v) is 14.5. The molecule has 1 saturated carbocycles. The lowest BCUT2D eigenvalue weighted by atomic mass is 9.80. The molecule has 0 radical (unpaired) electrons. The molecule has 1 aromatic rings. The van der Waals surface area contributed by atoms with Crippen LogP contribution in [0.25, 0.3) is 0 Å². The third kappa shape index (κ3) is 2.90. The number of carbonyl (C=O) groups is 1. The highest BCUT2D eigenvalue weighted by atomic mass is 19.4. The zero-order chi connectivity index (χ0) is 18.5. The van der Waals surface area contributed by atoms with Crippen LogP contribution in [0, 0.1) is 0 Å². The van der Waals surface area contributed by atoms with Crippen molar-refractivity contribution in [3.05, 3.63) is 29.1 Å². The van der Waals surface area contributed by atoms with Crippen molar-refractivity contribution >= 4 is 11.7 Å². The number of nitrogens with zero attached hydrogens (tertiary/aromatic N) is 2. The molecule has 1 saturated heterocycles. The molecule has 1 aromatic heterocycles. The first-order valence-electron chi connectivity index (χ1n) is 9.02. The smallest absolute Gasteiger partial charge is 0.314 e. The summed E-state index contributed by atoms with van der Waals surface area (Å²) in [5.74, 6) is 0.197. The van der Waals surface area contributed by atoms with Gasteiger partial charge in [-0.3, -0.25) is 9.79 Å². The number of alkyl halides is 3. The summed E-state index contributed by atoms with van der Waals surface area (Å²) in [6.45, 7) is 2.69. The molecule has 0 unspecified atom stereocenters. The molecule has 4 rings (SSSR count). The number of nitrogens with one attached hydrogen (secondary N) is 2. The van der Waals surface area contributed by atoms with E-state index in [1.165, 1.54) is 6.07 Å². The molecule has 0 bridgehead atoms. The van der Waals surface area contributed by atoms with Gasteiger partial charge in [-0.2, -0.15) is 13.2 Å². The van der Waals surface area contributed by atoms with Gasteiger partial charge in [0.2, 0.25) is 0 Å². The average Bonchev–Trinajstić information content (AvgIpc) is 2.80. The summed E-state index contributed by atoms with van der Waals surface area (Å²) in [5, 5.41) is 6.11. The van der Waals surface area contributed by atoms with E-state index >= 15 is 0 Å². The van der Waals surface area contributed by atoms with Crippen LogP contribution in [0.5, 0.6) is 0 Å². The van der Waals surface area contributed by atoms with Gasteiger partial charge in [0.15, 0.2) is 0 Å². The zero-order valence-electron chi connectivity index (χ0n) is 14.5. The van der Waals surface area contributed by atoms with Crippen LogP contribution in [0.1, 0.15) is 61.9 Å². The molecule has 140 valence electrons. The van der Waals surface area contributed by atoms with Crippen molar-refractivity contribution in [3.8, 4) is 0 Å². The van der Waals surface area contributed by atoms with Crippen LogP contribution in [-0.4, -0.2) is 34.9 Å². The largest absolute Gasteiger partial charge is 0.433 e. The number of amides is 1. The van der Waals surface area contributed by atoms with Crippen molar-refractivity contribution in [3.63, 3.8) is 0 Å². The number of rotatable bonds is 2. The van der Waals surface area contributed by atoms with Gasteiger partial charge in [0.05, 0.1) is 5.69 Å². The molecule has 1 aliphatic carbocycles. The molecule has 2 aliphatic heterocycles. The summed E-state index contributed by atoms with van der Waals surface area (Å²) in [7, 11) is 0. The van der Waals surface area contributed by atoms with Gasteiger partial charge in [0.25, 0.3) is 5.91 Å². The Morgan fingerprint density at radius 1 is 1.27 bits per heavy atom. The van der Waals surface area contributed by atoms with Crippen molar-refractivity contribution in [2.75, 3.05) is 6.54 Å². The van der Waals surface area contributed by atoms with Crippen molar-refractivity contribution in [1.82, 2.24) is 15.6 Å². The lowest BCUT2D eigenvalue weighted by Gasteiger charge is -2.32. The fourth-order valence-corrected chi connectivity index (χ4v) is 3.98. The van der Waals surface area contributed by atoms with Crippen molar-refractivity contribution < 1.29 is 18.0 Å². The first kappa shape index (κ1) is 17.5. The molecule has 8 heteroatoms. The third-order valence-corrected chi connectivity index (χ3v) is 5.62. The van der Waals surface area contributed by atoms with E-state index in [0.717, 1.165) is 25.3 Å². The Hall–Kier alpha value is -1.96. The Morgan fingerprint density at radius 3 is 2.65 bits per heavy atom. The molecule has 3 heterocycles. The highest BCUT2D eigenvalue weighted by molar-refractivity contribution is 6.15. The molecule has 3 aliphatic rings. The van der Waals surface area contributed by atoms with Gasteiger partial charge in [0, 0.05) is 17.5 Å². The van der Waals surface area contributed by atoms with Crippen LogP contribution >= 0.6 is 0 Å². The molecular formula is C18H21F3N4O. The predicted octanol–water partition coefficient (Wildman–Crippen LogP) is 2.76. The van der Waals surface area contributed by atoms with E-state index in [2.05, 4.69) is 20.6 Å². The number of carbonyl (C=O) groups excluding carboxylic acids is 1. The average molecular weight is 366 g/mol. The Labute approximate surface area is 149 Å². The van der Waals surface area contributed by atoms with Crippen LogP contribution in [0.3, 0.4) is 0 Å². The molecule has 1 spiro atoms. The third-order valence-electron chi connectivity index (χ3n) is 5.62. The normalized spacial score (nSPS) is 29.5. The standard InChI is InChI=1S/C18H21F3N4O/c1-10-9-17(7-8-22-10)16(26)24-15(25-17)12-5-6-13(18(19,20)21)23-14(12)11-3-2-4-11/h5-6,10-11,22H,2-4,7-9H2,1H3,(H,24,25,26)/t10-,17+/m0/s1. The minimum atomic E-state index is -4.48. The van der Waals surface area contributed by atoms with E-state index in [0.29, 0.717) is 36.5 Å². The van der Waals surface area contributed by atoms with Crippen molar-refractivity contribution in [2.45, 2.75) is 62.7 Å². The minimum Gasteiger partial charge on any atom is -0.314 e. The molecule has 2 N–H and O–H groups in total. The Bertz CT molecular complexity index is 772. The van der Waals surface area contributed by atoms with Crippen LogP contribution in [0.4, 0.5) is 13.2 Å². The summed E-state index contributed by atoms with van der Waals surface area (Å²) in [6, 6.07) is 2.54.